The summed E-state index contributed by atoms with van der Waals surface area (Å²) in [7, 11) is 0. The van der Waals surface area contributed by atoms with Crippen LogP contribution in [-0.4, -0.2) is 31.9 Å². The Balaban J connectivity index is 1.80. The quantitative estimate of drug-likeness (QED) is 0.575. The number of esters is 1. The van der Waals surface area contributed by atoms with Crippen LogP contribution in [0.15, 0.2) is 29.2 Å². The standard InChI is InChI=1S/C13H15ClN4O2S/c1-2-7-18-12(15-16-17-18)8-20-13(19)9-21-11-6-4-3-5-10(11)14/h3-6H,2,7-9H2,1H3. The molecule has 0 saturated carbocycles. The number of carbonyl (C=O) groups is 1. The summed E-state index contributed by atoms with van der Waals surface area (Å²) in [6.45, 7) is 2.81. The Labute approximate surface area is 131 Å². The topological polar surface area (TPSA) is 69.9 Å². The molecule has 0 aliphatic heterocycles. The number of tetrazole rings is 1. The van der Waals surface area contributed by atoms with Crippen molar-refractivity contribution in [2.24, 2.45) is 0 Å². The predicted molar refractivity (Wildman–Crippen MR) is 80.1 cm³/mol. The van der Waals surface area contributed by atoms with Gasteiger partial charge in [0.05, 0.1) is 10.8 Å². The lowest BCUT2D eigenvalue weighted by Gasteiger charge is -2.06. The van der Waals surface area contributed by atoms with Crippen molar-refractivity contribution in [3.8, 4) is 0 Å². The smallest absolute Gasteiger partial charge is 0.316 e. The SMILES string of the molecule is CCCn1nnnc1COC(=O)CSc1ccccc1Cl. The number of rotatable bonds is 7. The fourth-order valence-corrected chi connectivity index (χ4v) is 2.63. The van der Waals surface area contributed by atoms with Gasteiger partial charge in [-0.05, 0) is 29.0 Å². The summed E-state index contributed by atoms with van der Waals surface area (Å²) in [5.74, 6) is 0.415. The molecule has 0 unspecified atom stereocenters. The molecule has 21 heavy (non-hydrogen) atoms. The first-order valence-electron chi connectivity index (χ1n) is 6.48. The summed E-state index contributed by atoms with van der Waals surface area (Å²) in [5, 5.41) is 11.9. The number of carbonyl (C=O) groups excluding carboxylic acids is 1. The minimum atomic E-state index is -0.328. The normalized spacial score (nSPS) is 10.6. The Morgan fingerprint density at radius 1 is 1.43 bits per heavy atom. The first-order valence-corrected chi connectivity index (χ1v) is 7.85. The molecule has 6 nitrogen and oxygen atoms in total. The number of ether oxygens (including phenoxy) is 1. The van der Waals surface area contributed by atoms with Crippen LogP contribution in [0.4, 0.5) is 0 Å². The highest BCUT2D eigenvalue weighted by Crippen LogP contribution is 2.26. The molecule has 1 aromatic carbocycles. The van der Waals surface area contributed by atoms with E-state index >= 15 is 0 Å². The Bertz CT molecular complexity index is 605. The first kappa shape index (κ1) is 15.8. The van der Waals surface area contributed by atoms with Gasteiger partial charge in [0.1, 0.15) is 0 Å². The van der Waals surface area contributed by atoms with Crippen molar-refractivity contribution >= 4 is 29.3 Å². The van der Waals surface area contributed by atoms with E-state index in [1.165, 1.54) is 11.8 Å². The van der Waals surface area contributed by atoms with E-state index in [0.717, 1.165) is 11.3 Å². The van der Waals surface area contributed by atoms with Crippen LogP contribution in [0.2, 0.25) is 5.02 Å². The fraction of sp³-hybridized carbons (Fsp3) is 0.385. The monoisotopic (exact) mass is 326 g/mol. The van der Waals surface area contributed by atoms with E-state index in [-0.39, 0.29) is 18.3 Å². The molecule has 112 valence electrons. The zero-order chi connectivity index (χ0) is 15.1. The van der Waals surface area contributed by atoms with Gasteiger partial charge < -0.3 is 4.74 Å². The number of thioether (sulfide) groups is 1. The number of aromatic nitrogens is 4. The molecule has 0 aliphatic carbocycles. The third-order valence-corrected chi connectivity index (χ3v) is 4.07. The van der Waals surface area contributed by atoms with Crippen LogP contribution in [0.25, 0.3) is 0 Å². The zero-order valence-corrected chi connectivity index (χ0v) is 13.1. The van der Waals surface area contributed by atoms with Crippen LogP contribution in [-0.2, 0) is 22.7 Å². The van der Waals surface area contributed by atoms with Gasteiger partial charge in [0.15, 0.2) is 12.4 Å². The van der Waals surface area contributed by atoms with E-state index < -0.39 is 0 Å². The number of hydrogen-bond donors (Lipinski definition) is 0. The second-order valence-corrected chi connectivity index (χ2v) is 5.62. The highest BCUT2D eigenvalue weighted by molar-refractivity contribution is 8.00. The molecule has 2 aromatic rings. The highest BCUT2D eigenvalue weighted by Gasteiger charge is 2.10. The molecule has 1 aromatic heterocycles. The van der Waals surface area contributed by atoms with Crippen molar-refractivity contribution in [3.05, 3.63) is 35.1 Å². The van der Waals surface area contributed by atoms with Crippen molar-refractivity contribution in [2.75, 3.05) is 5.75 Å². The van der Waals surface area contributed by atoms with E-state index in [4.69, 9.17) is 16.3 Å². The molecule has 0 radical (unpaired) electrons. The predicted octanol–water partition coefficient (Wildman–Crippen LogP) is 2.57. The minimum absolute atomic E-state index is 0.0783. The summed E-state index contributed by atoms with van der Waals surface area (Å²) >= 11 is 7.36. The Hall–Kier alpha value is -1.60. The molecule has 1 heterocycles. The van der Waals surface area contributed by atoms with E-state index in [0.29, 0.717) is 17.4 Å². The van der Waals surface area contributed by atoms with Gasteiger partial charge in [-0.3, -0.25) is 4.79 Å². The van der Waals surface area contributed by atoms with Gasteiger partial charge in [-0.15, -0.1) is 16.9 Å². The average Bonchev–Trinajstić information content (AvgIpc) is 2.92. The summed E-state index contributed by atoms with van der Waals surface area (Å²) in [5.41, 5.74) is 0. The number of benzene rings is 1. The number of hydrogen-bond acceptors (Lipinski definition) is 6. The second-order valence-electron chi connectivity index (χ2n) is 4.20. The molecule has 0 saturated heterocycles. The van der Waals surface area contributed by atoms with Gasteiger partial charge >= 0.3 is 5.97 Å². The first-order chi connectivity index (χ1) is 10.2. The maximum atomic E-state index is 11.7. The maximum absolute atomic E-state index is 11.7. The third kappa shape index (κ3) is 4.71. The largest absolute Gasteiger partial charge is 0.457 e. The lowest BCUT2D eigenvalue weighted by atomic mass is 10.4. The molecule has 0 aliphatic rings. The van der Waals surface area contributed by atoms with Gasteiger partial charge in [-0.25, -0.2) is 4.68 Å². The Morgan fingerprint density at radius 3 is 3.00 bits per heavy atom. The average molecular weight is 327 g/mol. The van der Waals surface area contributed by atoms with E-state index in [1.54, 1.807) is 10.7 Å². The Morgan fingerprint density at radius 2 is 2.24 bits per heavy atom. The molecule has 0 amide bonds. The van der Waals surface area contributed by atoms with Gasteiger partial charge in [0, 0.05) is 11.4 Å². The maximum Gasteiger partial charge on any atom is 0.316 e. The molecule has 8 heteroatoms. The van der Waals surface area contributed by atoms with Gasteiger partial charge in [-0.2, -0.15) is 0 Å². The lowest BCUT2D eigenvalue weighted by Crippen LogP contribution is -2.12. The Kier molecular flexibility index (Phi) is 6.01. The van der Waals surface area contributed by atoms with Gasteiger partial charge in [0.25, 0.3) is 0 Å². The lowest BCUT2D eigenvalue weighted by molar-refractivity contribution is -0.142. The minimum Gasteiger partial charge on any atom is -0.457 e. The summed E-state index contributed by atoms with van der Waals surface area (Å²) in [4.78, 5) is 12.6. The molecular weight excluding hydrogens is 312 g/mol. The van der Waals surface area contributed by atoms with Crippen LogP contribution in [0.3, 0.4) is 0 Å². The molecule has 2 rings (SSSR count). The highest BCUT2D eigenvalue weighted by atomic mass is 35.5. The van der Waals surface area contributed by atoms with E-state index in [9.17, 15) is 4.79 Å². The van der Waals surface area contributed by atoms with Gasteiger partial charge in [-0.1, -0.05) is 30.7 Å². The van der Waals surface area contributed by atoms with Crippen LogP contribution >= 0.6 is 23.4 Å². The van der Waals surface area contributed by atoms with E-state index in [1.807, 2.05) is 25.1 Å². The molecule has 0 fully saturated rings. The van der Waals surface area contributed by atoms with Gasteiger partial charge in [0.2, 0.25) is 0 Å². The second kappa shape index (κ2) is 7.99. The van der Waals surface area contributed by atoms with Crippen molar-refractivity contribution in [1.29, 1.82) is 0 Å². The summed E-state index contributed by atoms with van der Waals surface area (Å²) in [6, 6.07) is 7.37. The summed E-state index contributed by atoms with van der Waals surface area (Å²) in [6.07, 6.45) is 0.911. The van der Waals surface area contributed by atoms with Crippen molar-refractivity contribution in [3.63, 3.8) is 0 Å². The molecular formula is C13H15ClN4O2S. The zero-order valence-electron chi connectivity index (χ0n) is 11.5. The van der Waals surface area contributed by atoms with E-state index in [2.05, 4.69) is 15.5 Å². The van der Waals surface area contributed by atoms with Crippen molar-refractivity contribution < 1.29 is 9.53 Å². The fourth-order valence-electron chi connectivity index (χ4n) is 1.60. The molecule has 0 bridgehead atoms. The molecule has 0 atom stereocenters. The van der Waals surface area contributed by atoms with Crippen LogP contribution in [0, 0.1) is 0 Å². The molecule has 0 N–H and O–H groups in total. The van der Waals surface area contributed by atoms with Crippen LogP contribution in [0.5, 0.6) is 0 Å². The van der Waals surface area contributed by atoms with Crippen LogP contribution < -0.4 is 0 Å². The summed E-state index contributed by atoms with van der Waals surface area (Å²) < 4.78 is 6.80. The number of halogens is 1. The van der Waals surface area contributed by atoms with Crippen LogP contribution in [0.1, 0.15) is 19.2 Å². The third-order valence-electron chi connectivity index (χ3n) is 2.59. The number of aryl methyl sites for hydroxylation is 1. The number of nitrogens with zero attached hydrogens (tertiary/aromatic N) is 4. The van der Waals surface area contributed by atoms with Crippen molar-refractivity contribution in [2.45, 2.75) is 31.4 Å². The molecule has 0 spiro atoms. The van der Waals surface area contributed by atoms with Crippen molar-refractivity contribution in [1.82, 2.24) is 20.2 Å².